The normalized spacial score (nSPS) is 17.0. The predicted molar refractivity (Wildman–Crippen MR) is 81.3 cm³/mol. The molecular formula is C14H20ClN5. The molecule has 0 atom stereocenters. The van der Waals surface area contributed by atoms with Gasteiger partial charge in [0, 0.05) is 11.5 Å². The van der Waals surface area contributed by atoms with Crippen molar-refractivity contribution >= 4 is 28.6 Å². The van der Waals surface area contributed by atoms with Gasteiger partial charge in [0.25, 0.3) is 0 Å². The maximum atomic E-state index is 6.01. The van der Waals surface area contributed by atoms with Crippen LogP contribution in [0, 0.1) is 0 Å². The molecule has 1 fully saturated rings. The Kier molecular flexibility index (Phi) is 3.32. The number of fused-ring (bicyclic) bond motifs is 1. The molecule has 0 aromatic carbocycles. The summed E-state index contributed by atoms with van der Waals surface area (Å²) < 4.78 is 0. The molecule has 20 heavy (non-hydrogen) atoms. The van der Waals surface area contributed by atoms with Gasteiger partial charge in [-0.3, -0.25) is 0 Å². The van der Waals surface area contributed by atoms with E-state index < -0.39 is 0 Å². The maximum Gasteiger partial charge on any atom is 0.226 e. The Morgan fingerprint density at radius 3 is 2.50 bits per heavy atom. The first kappa shape index (κ1) is 13.6. The zero-order valence-corrected chi connectivity index (χ0v) is 12.9. The van der Waals surface area contributed by atoms with Crippen LogP contribution in [-0.2, 0) is 0 Å². The van der Waals surface area contributed by atoms with Crippen LogP contribution in [0.2, 0.25) is 5.28 Å². The van der Waals surface area contributed by atoms with E-state index in [0.29, 0.717) is 11.6 Å². The second-order valence-corrected chi connectivity index (χ2v) is 6.86. The van der Waals surface area contributed by atoms with Crippen LogP contribution in [0.4, 0.5) is 5.82 Å². The second kappa shape index (κ2) is 4.88. The first-order valence-corrected chi connectivity index (χ1v) is 7.51. The van der Waals surface area contributed by atoms with Crippen molar-refractivity contribution in [1.82, 2.24) is 19.9 Å². The number of nitrogens with zero attached hydrogens (tertiary/aromatic N) is 3. The van der Waals surface area contributed by atoms with Crippen LogP contribution in [-0.4, -0.2) is 25.5 Å². The molecule has 0 aliphatic heterocycles. The third-order valence-corrected chi connectivity index (χ3v) is 3.75. The molecule has 108 valence electrons. The summed E-state index contributed by atoms with van der Waals surface area (Å²) in [6.07, 6.45) is 4.95. The van der Waals surface area contributed by atoms with E-state index in [-0.39, 0.29) is 10.8 Å². The number of halogens is 1. The number of anilines is 1. The summed E-state index contributed by atoms with van der Waals surface area (Å²) in [5.74, 6) is 2.26. The molecule has 1 saturated carbocycles. The van der Waals surface area contributed by atoms with Crippen LogP contribution < -0.4 is 5.32 Å². The van der Waals surface area contributed by atoms with Crippen molar-refractivity contribution in [3.05, 3.63) is 11.1 Å². The highest BCUT2D eigenvalue weighted by Gasteiger charge is 2.23. The van der Waals surface area contributed by atoms with E-state index in [0.717, 1.165) is 17.2 Å². The topological polar surface area (TPSA) is 66.5 Å². The van der Waals surface area contributed by atoms with E-state index >= 15 is 0 Å². The summed E-state index contributed by atoms with van der Waals surface area (Å²) in [4.78, 5) is 16.5. The van der Waals surface area contributed by atoms with Gasteiger partial charge in [-0.15, -0.1) is 0 Å². The van der Waals surface area contributed by atoms with Gasteiger partial charge in [-0.25, -0.2) is 4.98 Å². The molecule has 0 unspecified atom stereocenters. The standard InChI is InChI=1S/C14H20ClN5/c1-14(2,3)20-12-9-11(18-13(15)19-12)17-10(16-9)8-6-4-5-7-8/h8H,4-7H2,1-3H3,(H2,16,17,18,19,20). The number of aromatic nitrogens is 4. The van der Waals surface area contributed by atoms with Crippen molar-refractivity contribution in [1.29, 1.82) is 0 Å². The van der Waals surface area contributed by atoms with E-state index in [2.05, 4.69) is 46.0 Å². The largest absolute Gasteiger partial charge is 0.364 e. The molecular weight excluding hydrogens is 274 g/mol. The Hall–Kier alpha value is -1.36. The van der Waals surface area contributed by atoms with E-state index in [4.69, 9.17) is 11.6 Å². The van der Waals surface area contributed by atoms with E-state index in [1.165, 1.54) is 25.7 Å². The van der Waals surface area contributed by atoms with Gasteiger partial charge in [0.2, 0.25) is 5.28 Å². The lowest BCUT2D eigenvalue weighted by atomic mass is 10.1. The number of hydrogen-bond acceptors (Lipinski definition) is 4. The Balaban J connectivity index is 2.05. The average molecular weight is 294 g/mol. The third kappa shape index (κ3) is 2.73. The van der Waals surface area contributed by atoms with Crippen LogP contribution in [0.1, 0.15) is 58.2 Å². The first-order valence-electron chi connectivity index (χ1n) is 7.14. The highest BCUT2D eigenvalue weighted by Crippen LogP contribution is 2.34. The number of nitrogens with one attached hydrogen (secondary N) is 2. The van der Waals surface area contributed by atoms with Gasteiger partial charge in [0.05, 0.1) is 0 Å². The van der Waals surface area contributed by atoms with Gasteiger partial charge < -0.3 is 10.3 Å². The second-order valence-electron chi connectivity index (χ2n) is 6.52. The number of rotatable bonds is 2. The molecule has 1 aliphatic rings. The number of hydrogen-bond donors (Lipinski definition) is 2. The first-order chi connectivity index (χ1) is 9.42. The summed E-state index contributed by atoms with van der Waals surface area (Å²) >= 11 is 6.01. The van der Waals surface area contributed by atoms with Crippen molar-refractivity contribution < 1.29 is 0 Å². The van der Waals surface area contributed by atoms with Crippen LogP contribution in [0.5, 0.6) is 0 Å². The lowest BCUT2D eigenvalue weighted by Crippen LogP contribution is -2.27. The molecule has 0 bridgehead atoms. The molecule has 1 aliphatic carbocycles. The predicted octanol–water partition coefficient (Wildman–Crippen LogP) is 3.87. The molecule has 2 aromatic heterocycles. The number of aromatic amines is 1. The van der Waals surface area contributed by atoms with Crippen LogP contribution in [0.15, 0.2) is 0 Å². The van der Waals surface area contributed by atoms with Crippen molar-refractivity contribution in [3.63, 3.8) is 0 Å². The molecule has 2 aromatic rings. The molecule has 3 rings (SSSR count). The molecule has 0 spiro atoms. The fourth-order valence-corrected chi connectivity index (χ4v) is 2.89. The molecule has 0 saturated heterocycles. The Morgan fingerprint density at radius 1 is 1.15 bits per heavy atom. The number of H-pyrrole nitrogens is 1. The van der Waals surface area contributed by atoms with Crippen LogP contribution in [0.3, 0.4) is 0 Å². The summed E-state index contributed by atoms with van der Waals surface area (Å²) in [5.41, 5.74) is 1.41. The molecule has 6 heteroatoms. The quantitative estimate of drug-likeness (QED) is 0.825. The van der Waals surface area contributed by atoms with Gasteiger partial charge >= 0.3 is 0 Å². The highest BCUT2D eigenvalue weighted by molar-refractivity contribution is 6.28. The summed E-state index contributed by atoms with van der Waals surface area (Å²) in [6.45, 7) is 6.26. The third-order valence-electron chi connectivity index (χ3n) is 3.58. The maximum absolute atomic E-state index is 6.01. The monoisotopic (exact) mass is 293 g/mol. The fraction of sp³-hybridized carbons (Fsp3) is 0.643. The number of imidazole rings is 1. The zero-order chi connectivity index (χ0) is 14.3. The molecule has 0 radical (unpaired) electrons. The van der Waals surface area contributed by atoms with E-state index in [1.807, 2.05) is 0 Å². The van der Waals surface area contributed by atoms with Gasteiger partial charge in [-0.05, 0) is 45.2 Å². The van der Waals surface area contributed by atoms with Crippen LogP contribution in [0.25, 0.3) is 11.2 Å². The highest BCUT2D eigenvalue weighted by atomic mass is 35.5. The molecule has 2 heterocycles. The Labute approximate surface area is 123 Å². The fourth-order valence-electron chi connectivity index (χ4n) is 2.73. The average Bonchev–Trinajstić information content (AvgIpc) is 2.92. The molecule has 5 nitrogen and oxygen atoms in total. The SMILES string of the molecule is CC(C)(C)Nc1nc(Cl)nc2nc(C3CCCC3)[nH]c12. The van der Waals surface area contributed by atoms with Crippen LogP contribution >= 0.6 is 11.6 Å². The lowest BCUT2D eigenvalue weighted by Gasteiger charge is -2.21. The zero-order valence-electron chi connectivity index (χ0n) is 12.1. The van der Waals surface area contributed by atoms with Gasteiger partial charge in [-0.2, -0.15) is 9.97 Å². The van der Waals surface area contributed by atoms with Crippen molar-refractivity contribution in [3.8, 4) is 0 Å². The summed E-state index contributed by atoms with van der Waals surface area (Å²) in [6, 6.07) is 0. The minimum absolute atomic E-state index is 0.0940. The van der Waals surface area contributed by atoms with Gasteiger partial charge in [0.1, 0.15) is 11.3 Å². The summed E-state index contributed by atoms with van der Waals surface area (Å²) in [7, 11) is 0. The smallest absolute Gasteiger partial charge is 0.226 e. The Morgan fingerprint density at radius 2 is 1.85 bits per heavy atom. The van der Waals surface area contributed by atoms with E-state index in [9.17, 15) is 0 Å². The van der Waals surface area contributed by atoms with Crippen molar-refractivity contribution in [2.75, 3.05) is 5.32 Å². The Bertz CT molecular complexity index is 622. The van der Waals surface area contributed by atoms with Crippen molar-refractivity contribution in [2.45, 2.75) is 57.9 Å². The minimum atomic E-state index is -0.0940. The lowest BCUT2D eigenvalue weighted by molar-refractivity contribution is 0.631. The molecule has 0 amide bonds. The van der Waals surface area contributed by atoms with Gasteiger partial charge in [-0.1, -0.05) is 12.8 Å². The van der Waals surface area contributed by atoms with Crippen molar-refractivity contribution in [2.24, 2.45) is 0 Å². The van der Waals surface area contributed by atoms with E-state index in [1.54, 1.807) is 0 Å². The molecule has 2 N–H and O–H groups in total. The van der Waals surface area contributed by atoms with Gasteiger partial charge in [0.15, 0.2) is 11.5 Å². The summed E-state index contributed by atoms with van der Waals surface area (Å²) in [5, 5.41) is 3.59. The minimum Gasteiger partial charge on any atom is -0.364 e.